The molecule has 1 atom stereocenters. The molecule has 108 valence electrons. The van der Waals surface area contributed by atoms with Crippen molar-refractivity contribution in [2.24, 2.45) is 0 Å². The first-order valence-corrected chi connectivity index (χ1v) is 7.45. The van der Waals surface area contributed by atoms with Crippen LogP contribution in [-0.2, 0) is 6.42 Å². The molecular formula is C17H25N3. The van der Waals surface area contributed by atoms with Crippen molar-refractivity contribution in [3.8, 4) is 5.69 Å². The fourth-order valence-corrected chi connectivity index (χ4v) is 2.89. The first-order valence-electron chi connectivity index (χ1n) is 7.45. The lowest BCUT2D eigenvalue weighted by Crippen LogP contribution is -2.15. The van der Waals surface area contributed by atoms with Gasteiger partial charge >= 0.3 is 0 Å². The molecule has 0 aliphatic carbocycles. The topological polar surface area (TPSA) is 29.9 Å². The number of aromatic nitrogens is 2. The number of aryl methyl sites for hydroxylation is 1. The van der Waals surface area contributed by atoms with E-state index in [2.05, 4.69) is 67.1 Å². The van der Waals surface area contributed by atoms with Crippen LogP contribution in [0.1, 0.15) is 48.8 Å². The summed E-state index contributed by atoms with van der Waals surface area (Å²) in [6, 6.07) is 9.14. The maximum Gasteiger partial charge on any atom is 0.0649 e. The third-order valence-corrected chi connectivity index (χ3v) is 4.09. The van der Waals surface area contributed by atoms with E-state index in [9.17, 15) is 0 Å². The van der Waals surface area contributed by atoms with Gasteiger partial charge in [-0.2, -0.15) is 5.10 Å². The van der Waals surface area contributed by atoms with Crippen molar-refractivity contribution in [2.45, 2.75) is 46.6 Å². The molecule has 0 saturated heterocycles. The molecule has 2 rings (SSSR count). The van der Waals surface area contributed by atoms with Gasteiger partial charge < -0.3 is 5.32 Å². The van der Waals surface area contributed by atoms with Crippen molar-refractivity contribution in [2.75, 3.05) is 7.05 Å². The molecule has 0 aliphatic heterocycles. The Bertz CT molecular complexity index is 563. The van der Waals surface area contributed by atoms with Gasteiger partial charge in [-0.25, -0.2) is 4.68 Å². The van der Waals surface area contributed by atoms with Crippen molar-refractivity contribution >= 4 is 0 Å². The molecule has 1 aromatic carbocycles. The van der Waals surface area contributed by atoms with Crippen LogP contribution in [-0.4, -0.2) is 16.8 Å². The molecule has 3 nitrogen and oxygen atoms in total. The van der Waals surface area contributed by atoms with Crippen molar-refractivity contribution in [1.29, 1.82) is 0 Å². The molecule has 1 aromatic heterocycles. The normalized spacial score (nSPS) is 12.7. The van der Waals surface area contributed by atoms with Gasteiger partial charge in [-0.05, 0) is 57.0 Å². The van der Waals surface area contributed by atoms with Crippen LogP contribution in [0, 0.1) is 13.8 Å². The summed E-state index contributed by atoms with van der Waals surface area (Å²) in [4.78, 5) is 0. The monoisotopic (exact) mass is 271 g/mol. The summed E-state index contributed by atoms with van der Waals surface area (Å²) in [6.45, 7) is 8.62. The predicted octanol–water partition coefficient (Wildman–Crippen LogP) is 3.72. The Balaban J connectivity index is 2.35. The Hall–Kier alpha value is -1.61. The summed E-state index contributed by atoms with van der Waals surface area (Å²) in [7, 11) is 2.01. The minimum absolute atomic E-state index is 0.427. The van der Waals surface area contributed by atoms with E-state index in [4.69, 9.17) is 0 Å². The zero-order valence-corrected chi connectivity index (χ0v) is 13.2. The average Bonchev–Trinajstić information content (AvgIpc) is 2.75. The molecule has 3 heteroatoms. The molecule has 0 aliphatic rings. The number of hydrogen-bond acceptors (Lipinski definition) is 2. The fourth-order valence-electron chi connectivity index (χ4n) is 2.89. The second-order valence-electron chi connectivity index (χ2n) is 5.26. The number of hydrogen-bond donors (Lipinski definition) is 1. The molecule has 1 N–H and O–H groups in total. The van der Waals surface area contributed by atoms with Gasteiger partial charge in [0.15, 0.2) is 0 Å². The van der Waals surface area contributed by atoms with Crippen LogP contribution < -0.4 is 5.32 Å². The van der Waals surface area contributed by atoms with Crippen LogP contribution in [0.15, 0.2) is 24.3 Å². The quantitative estimate of drug-likeness (QED) is 0.898. The Morgan fingerprint density at radius 3 is 2.25 bits per heavy atom. The Kier molecular flexibility index (Phi) is 4.61. The lowest BCUT2D eigenvalue weighted by atomic mass is 10.0. The van der Waals surface area contributed by atoms with Crippen LogP contribution in [0.25, 0.3) is 5.69 Å². The number of nitrogens with zero attached hydrogens (tertiary/aromatic N) is 2. The van der Waals surface area contributed by atoms with E-state index in [-0.39, 0.29) is 0 Å². The fraction of sp³-hybridized carbons (Fsp3) is 0.471. The maximum absolute atomic E-state index is 4.67. The Labute approximate surface area is 122 Å². The van der Waals surface area contributed by atoms with Crippen LogP contribution >= 0.6 is 0 Å². The molecule has 0 spiro atoms. The van der Waals surface area contributed by atoms with E-state index in [0.717, 1.165) is 24.2 Å². The maximum atomic E-state index is 4.67. The molecule has 2 aromatic rings. The minimum atomic E-state index is 0.427. The number of rotatable bonds is 5. The zero-order chi connectivity index (χ0) is 14.7. The summed E-state index contributed by atoms with van der Waals surface area (Å²) in [5.41, 5.74) is 6.21. The smallest absolute Gasteiger partial charge is 0.0649 e. The molecule has 0 bridgehead atoms. The van der Waals surface area contributed by atoms with Gasteiger partial charge in [-0.15, -0.1) is 0 Å². The largest absolute Gasteiger partial charge is 0.313 e. The van der Waals surface area contributed by atoms with Crippen molar-refractivity contribution in [3.63, 3.8) is 0 Å². The van der Waals surface area contributed by atoms with E-state index in [1.807, 2.05) is 7.05 Å². The van der Waals surface area contributed by atoms with Crippen LogP contribution in [0.4, 0.5) is 0 Å². The summed E-state index contributed by atoms with van der Waals surface area (Å²) in [6.07, 6.45) is 2.13. The second-order valence-corrected chi connectivity index (χ2v) is 5.26. The lowest BCUT2D eigenvalue weighted by Gasteiger charge is -2.15. The molecule has 0 amide bonds. The van der Waals surface area contributed by atoms with Crippen LogP contribution in [0.3, 0.4) is 0 Å². The SMILES string of the molecule is CCc1c(C)nn(-c2ccc(C(CC)NC)cc2)c1C. The van der Waals surface area contributed by atoms with Crippen molar-refractivity contribution in [1.82, 2.24) is 15.1 Å². The standard InChI is InChI=1S/C17H25N3/c1-6-16-12(3)19-20(13(16)4)15-10-8-14(9-11-15)17(7-2)18-5/h8-11,17-18H,6-7H2,1-5H3. The highest BCUT2D eigenvalue weighted by Crippen LogP contribution is 2.21. The first kappa shape index (κ1) is 14.8. The highest BCUT2D eigenvalue weighted by molar-refractivity contribution is 5.39. The van der Waals surface area contributed by atoms with Gasteiger partial charge in [-0.3, -0.25) is 0 Å². The summed E-state index contributed by atoms with van der Waals surface area (Å²) >= 11 is 0. The zero-order valence-electron chi connectivity index (χ0n) is 13.2. The van der Waals surface area contributed by atoms with Crippen molar-refractivity contribution in [3.05, 3.63) is 46.8 Å². The summed E-state index contributed by atoms with van der Waals surface area (Å²) in [5.74, 6) is 0. The van der Waals surface area contributed by atoms with Crippen molar-refractivity contribution < 1.29 is 0 Å². The Morgan fingerprint density at radius 1 is 1.15 bits per heavy atom. The molecule has 0 fully saturated rings. The van der Waals surface area contributed by atoms with E-state index in [0.29, 0.717) is 6.04 Å². The minimum Gasteiger partial charge on any atom is -0.313 e. The van der Waals surface area contributed by atoms with Gasteiger partial charge in [0.05, 0.1) is 11.4 Å². The third kappa shape index (κ3) is 2.63. The van der Waals surface area contributed by atoms with Crippen LogP contribution in [0.2, 0.25) is 0 Å². The first-order chi connectivity index (χ1) is 9.62. The number of benzene rings is 1. The third-order valence-electron chi connectivity index (χ3n) is 4.09. The van der Waals surface area contributed by atoms with E-state index >= 15 is 0 Å². The predicted molar refractivity (Wildman–Crippen MR) is 84.5 cm³/mol. The highest BCUT2D eigenvalue weighted by Gasteiger charge is 2.12. The lowest BCUT2D eigenvalue weighted by molar-refractivity contribution is 0.577. The Morgan fingerprint density at radius 2 is 1.80 bits per heavy atom. The molecule has 1 unspecified atom stereocenters. The molecule has 1 heterocycles. The van der Waals surface area contributed by atoms with Gasteiger partial charge in [0, 0.05) is 11.7 Å². The van der Waals surface area contributed by atoms with E-state index in [1.165, 1.54) is 16.8 Å². The van der Waals surface area contributed by atoms with E-state index < -0.39 is 0 Å². The average molecular weight is 271 g/mol. The molecule has 20 heavy (non-hydrogen) atoms. The molecule has 0 saturated carbocycles. The van der Waals surface area contributed by atoms with E-state index in [1.54, 1.807) is 0 Å². The highest BCUT2D eigenvalue weighted by atomic mass is 15.3. The second kappa shape index (κ2) is 6.23. The molecule has 0 radical (unpaired) electrons. The van der Waals surface area contributed by atoms with Gasteiger partial charge in [0.2, 0.25) is 0 Å². The summed E-state index contributed by atoms with van der Waals surface area (Å²) < 4.78 is 2.05. The van der Waals surface area contributed by atoms with Gasteiger partial charge in [-0.1, -0.05) is 26.0 Å². The van der Waals surface area contributed by atoms with Crippen LogP contribution in [0.5, 0.6) is 0 Å². The molecular weight excluding hydrogens is 246 g/mol. The van der Waals surface area contributed by atoms with Gasteiger partial charge in [0.1, 0.15) is 0 Å². The number of nitrogens with one attached hydrogen (secondary N) is 1. The summed E-state index contributed by atoms with van der Waals surface area (Å²) in [5, 5.41) is 8.01. The van der Waals surface area contributed by atoms with Gasteiger partial charge in [0.25, 0.3) is 0 Å².